The van der Waals surface area contributed by atoms with E-state index in [0.717, 1.165) is 19.4 Å². The summed E-state index contributed by atoms with van der Waals surface area (Å²) in [5.74, 6) is -0.214. The number of nitrogens with zero attached hydrogens (tertiary/aromatic N) is 1. The SMILES string of the molecule is CCN(CC1(CO)CCCOC1)c1ccccc1F. The van der Waals surface area contributed by atoms with Gasteiger partial charge in [-0.2, -0.15) is 0 Å². The molecule has 0 bridgehead atoms. The summed E-state index contributed by atoms with van der Waals surface area (Å²) in [7, 11) is 0. The highest BCUT2D eigenvalue weighted by Gasteiger charge is 2.34. The minimum Gasteiger partial charge on any atom is -0.396 e. The molecule has 106 valence electrons. The minimum atomic E-state index is -0.267. The van der Waals surface area contributed by atoms with Crippen molar-refractivity contribution >= 4 is 5.69 Å². The van der Waals surface area contributed by atoms with Gasteiger partial charge in [0.1, 0.15) is 5.82 Å². The lowest BCUT2D eigenvalue weighted by atomic mass is 9.82. The quantitative estimate of drug-likeness (QED) is 0.889. The van der Waals surface area contributed by atoms with Gasteiger partial charge in [0.2, 0.25) is 0 Å². The average Bonchev–Trinajstić information content (AvgIpc) is 2.47. The van der Waals surface area contributed by atoms with Gasteiger partial charge >= 0.3 is 0 Å². The Bertz CT molecular complexity index is 405. The highest BCUT2D eigenvalue weighted by molar-refractivity contribution is 5.47. The van der Waals surface area contributed by atoms with Gasteiger partial charge in [-0.05, 0) is 31.9 Å². The van der Waals surface area contributed by atoms with E-state index in [2.05, 4.69) is 0 Å². The van der Waals surface area contributed by atoms with Gasteiger partial charge in [-0.1, -0.05) is 12.1 Å². The second-order valence-corrected chi connectivity index (χ2v) is 5.28. The van der Waals surface area contributed by atoms with E-state index >= 15 is 0 Å². The first kappa shape index (κ1) is 14.3. The molecule has 1 atom stereocenters. The normalized spacial score (nSPS) is 23.3. The standard InChI is InChI=1S/C15H22FNO2/c1-2-17(14-7-4-3-6-13(14)16)10-15(11-18)8-5-9-19-12-15/h3-4,6-7,18H,2,5,8-12H2,1H3. The largest absolute Gasteiger partial charge is 0.396 e. The molecule has 19 heavy (non-hydrogen) atoms. The first-order valence-electron chi connectivity index (χ1n) is 6.89. The Morgan fingerprint density at radius 2 is 2.21 bits per heavy atom. The van der Waals surface area contributed by atoms with Crippen molar-refractivity contribution in [2.24, 2.45) is 5.41 Å². The number of aliphatic hydroxyl groups is 1. The minimum absolute atomic E-state index is 0.0813. The number of benzene rings is 1. The molecule has 4 heteroatoms. The van der Waals surface area contributed by atoms with Gasteiger partial charge in [-0.25, -0.2) is 4.39 Å². The van der Waals surface area contributed by atoms with Crippen molar-refractivity contribution < 1.29 is 14.2 Å². The lowest BCUT2D eigenvalue weighted by Crippen LogP contribution is -2.46. The van der Waals surface area contributed by atoms with Gasteiger partial charge in [0.15, 0.2) is 0 Å². The summed E-state index contributed by atoms with van der Waals surface area (Å²) < 4.78 is 19.4. The molecule has 1 aliphatic heterocycles. The summed E-state index contributed by atoms with van der Waals surface area (Å²) in [6.07, 6.45) is 1.88. The second-order valence-electron chi connectivity index (χ2n) is 5.28. The molecule has 0 aromatic heterocycles. The smallest absolute Gasteiger partial charge is 0.146 e. The second kappa shape index (κ2) is 6.35. The molecule has 0 amide bonds. The summed E-state index contributed by atoms with van der Waals surface area (Å²) in [5.41, 5.74) is 0.333. The van der Waals surface area contributed by atoms with Crippen LogP contribution in [0.1, 0.15) is 19.8 Å². The molecule has 3 nitrogen and oxygen atoms in total. The molecular weight excluding hydrogens is 245 g/mol. The lowest BCUT2D eigenvalue weighted by molar-refractivity contribution is -0.0335. The number of para-hydroxylation sites is 1. The van der Waals surface area contributed by atoms with E-state index in [1.54, 1.807) is 12.1 Å². The van der Waals surface area contributed by atoms with Crippen LogP contribution in [-0.2, 0) is 4.74 Å². The molecule has 0 aliphatic carbocycles. The van der Waals surface area contributed by atoms with Crippen molar-refractivity contribution in [3.63, 3.8) is 0 Å². The average molecular weight is 267 g/mol. The van der Waals surface area contributed by atoms with Crippen molar-refractivity contribution in [1.29, 1.82) is 0 Å². The fourth-order valence-electron chi connectivity index (χ4n) is 2.69. The Morgan fingerprint density at radius 1 is 1.42 bits per heavy atom. The predicted molar refractivity (Wildman–Crippen MR) is 73.9 cm³/mol. The molecule has 1 unspecified atom stereocenters. The van der Waals surface area contributed by atoms with Gasteiger partial charge in [0, 0.05) is 25.1 Å². The molecule has 0 radical (unpaired) electrons. The Morgan fingerprint density at radius 3 is 2.79 bits per heavy atom. The van der Waals surface area contributed by atoms with Crippen LogP contribution >= 0.6 is 0 Å². The third kappa shape index (κ3) is 3.25. The summed E-state index contributed by atoms with van der Waals surface area (Å²) in [5, 5.41) is 9.70. The van der Waals surface area contributed by atoms with Crippen molar-refractivity contribution in [2.45, 2.75) is 19.8 Å². The summed E-state index contributed by atoms with van der Waals surface area (Å²) in [6, 6.07) is 6.79. The number of aliphatic hydroxyl groups excluding tert-OH is 1. The van der Waals surface area contributed by atoms with Gasteiger partial charge in [0.25, 0.3) is 0 Å². The maximum absolute atomic E-state index is 13.9. The van der Waals surface area contributed by atoms with Crippen molar-refractivity contribution in [3.05, 3.63) is 30.1 Å². The highest BCUT2D eigenvalue weighted by Crippen LogP contribution is 2.31. The van der Waals surface area contributed by atoms with Gasteiger partial charge < -0.3 is 14.7 Å². The van der Waals surface area contributed by atoms with Crippen LogP contribution in [0, 0.1) is 11.2 Å². The number of ether oxygens (including phenoxy) is 1. The zero-order valence-electron chi connectivity index (χ0n) is 11.4. The molecule has 1 aliphatic rings. The number of rotatable bonds is 5. The van der Waals surface area contributed by atoms with Crippen molar-refractivity contribution in [2.75, 3.05) is 37.8 Å². The Balaban J connectivity index is 2.16. The monoisotopic (exact) mass is 267 g/mol. The van der Waals surface area contributed by atoms with Gasteiger partial charge in [-0.3, -0.25) is 0 Å². The van der Waals surface area contributed by atoms with Crippen LogP contribution in [0.25, 0.3) is 0 Å². The van der Waals surface area contributed by atoms with E-state index in [0.29, 0.717) is 25.4 Å². The summed E-state index contributed by atoms with van der Waals surface area (Å²) in [6.45, 7) is 4.73. The molecule has 1 fully saturated rings. The summed E-state index contributed by atoms with van der Waals surface area (Å²) >= 11 is 0. The van der Waals surface area contributed by atoms with E-state index in [4.69, 9.17) is 4.74 Å². The molecule has 1 aromatic rings. The molecule has 1 saturated heterocycles. The molecule has 2 rings (SSSR count). The lowest BCUT2D eigenvalue weighted by Gasteiger charge is -2.40. The zero-order valence-corrected chi connectivity index (χ0v) is 11.4. The van der Waals surface area contributed by atoms with Gasteiger partial charge in [-0.15, -0.1) is 0 Å². The van der Waals surface area contributed by atoms with Crippen LogP contribution in [0.2, 0.25) is 0 Å². The maximum Gasteiger partial charge on any atom is 0.146 e. The van der Waals surface area contributed by atoms with Crippen LogP contribution in [0.15, 0.2) is 24.3 Å². The topological polar surface area (TPSA) is 32.7 Å². The number of anilines is 1. The van der Waals surface area contributed by atoms with Crippen LogP contribution < -0.4 is 4.90 Å². The molecule has 0 saturated carbocycles. The van der Waals surface area contributed by atoms with Crippen molar-refractivity contribution in [1.82, 2.24) is 0 Å². The van der Waals surface area contributed by atoms with Crippen LogP contribution in [0.5, 0.6) is 0 Å². The fraction of sp³-hybridized carbons (Fsp3) is 0.600. The molecule has 1 heterocycles. The van der Waals surface area contributed by atoms with E-state index in [1.807, 2.05) is 17.9 Å². The Hall–Kier alpha value is -1.13. The summed E-state index contributed by atoms with van der Waals surface area (Å²) in [4.78, 5) is 1.99. The molecule has 0 spiro atoms. The maximum atomic E-state index is 13.9. The van der Waals surface area contributed by atoms with Crippen LogP contribution in [-0.4, -0.2) is 38.0 Å². The Labute approximate surface area is 114 Å². The van der Waals surface area contributed by atoms with E-state index in [9.17, 15) is 9.50 Å². The van der Waals surface area contributed by atoms with E-state index in [-0.39, 0.29) is 17.8 Å². The van der Waals surface area contributed by atoms with Crippen LogP contribution in [0.4, 0.5) is 10.1 Å². The van der Waals surface area contributed by atoms with Crippen molar-refractivity contribution in [3.8, 4) is 0 Å². The van der Waals surface area contributed by atoms with Crippen LogP contribution in [0.3, 0.4) is 0 Å². The molecular formula is C15H22FNO2. The fourth-order valence-corrected chi connectivity index (χ4v) is 2.69. The predicted octanol–water partition coefficient (Wildman–Crippen LogP) is 2.44. The van der Waals surface area contributed by atoms with Gasteiger partial charge in [0.05, 0.1) is 18.9 Å². The Kier molecular flexibility index (Phi) is 4.77. The molecule has 1 aromatic carbocycles. The first-order chi connectivity index (χ1) is 9.21. The highest BCUT2D eigenvalue weighted by atomic mass is 19.1. The molecule has 1 N–H and O–H groups in total. The number of halogens is 1. The first-order valence-corrected chi connectivity index (χ1v) is 6.89. The zero-order chi connectivity index (χ0) is 13.7. The number of hydrogen-bond acceptors (Lipinski definition) is 3. The van der Waals surface area contributed by atoms with E-state index in [1.165, 1.54) is 6.07 Å². The number of hydrogen-bond donors (Lipinski definition) is 1. The third-order valence-electron chi connectivity index (χ3n) is 3.84. The third-order valence-corrected chi connectivity index (χ3v) is 3.84. The van der Waals surface area contributed by atoms with E-state index < -0.39 is 0 Å².